The molecule has 1 unspecified atom stereocenters. The van der Waals surface area contributed by atoms with Gasteiger partial charge in [-0.3, -0.25) is 0 Å². The number of nitrogens with two attached hydrogens (primary N) is 1. The van der Waals surface area contributed by atoms with Crippen molar-refractivity contribution in [3.8, 4) is 0 Å². The second-order valence-corrected chi connectivity index (χ2v) is 5.79. The minimum atomic E-state index is -0.0401. The molecule has 3 heteroatoms. The van der Waals surface area contributed by atoms with E-state index in [1.165, 1.54) is 0 Å². The first-order valence-electron chi connectivity index (χ1n) is 5.98. The molecule has 1 fully saturated rings. The van der Waals surface area contributed by atoms with E-state index in [-0.39, 0.29) is 11.1 Å². The lowest BCUT2D eigenvalue weighted by Gasteiger charge is -2.45. The zero-order chi connectivity index (χ0) is 11.5. The zero-order valence-electron chi connectivity index (χ0n) is 10.6. The molecule has 1 aliphatic heterocycles. The molecule has 0 aromatic carbocycles. The molecule has 0 saturated carbocycles. The molecule has 1 atom stereocenters. The van der Waals surface area contributed by atoms with Crippen molar-refractivity contribution >= 4 is 0 Å². The molecule has 0 aliphatic carbocycles. The first kappa shape index (κ1) is 12.9. The van der Waals surface area contributed by atoms with Gasteiger partial charge in [0.1, 0.15) is 0 Å². The molecular weight excluding hydrogens is 188 g/mol. The predicted molar refractivity (Wildman–Crippen MR) is 63.9 cm³/mol. The van der Waals surface area contributed by atoms with Crippen molar-refractivity contribution < 1.29 is 4.74 Å². The quantitative estimate of drug-likeness (QED) is 0.746. The van der Waals surface area contributed by atoms with Gasteiger partial charge in [0.25, 0.3) is 0 Å². The van der Waals surface area contributed by atoms with Crippen LogP contribution in [0.4, 0.5) is 0 Å². The fourth-order valence-electron chi connectivity index (χ4n) is 2.29. The Hall–Kier alpha value is -0.120. The van der Waals surface area contributed by atoms with Gasteiger partial charge in [0.05, 0.1) is 5.60 Å². The summed E-state index contributed by atoms with van der Waals surface area (Å²) in [5, 5.41) is 3.63. The Bertz CT molecular complexity index is 204. The summed E-state index contributed by atoms with van der Waals surface area (Å²) in [6.07, 6.45) is 2.03. The number of nitrogens with one attached hydrogen (secondary N) is 1. The fraction of sp³-hybridized carbons (Fsp3) is 1.00. The third-order valence-electron chi connectivity index (χ3n) is 3.11. The van der Waals surface area contributed by atoms with Crippen molar-refractivity contribution in [1.29, 1.82) is 0 Å². The van der Waals surface area contributed by atoms with Crippen LogP contribution in [0.5, 0.6) is 0 Å². The minimum absolute atomic E-state index is 0.0401. The van der Waals surface area contributed by atoms with Crippen LogP contribution in [0.2, 0.25) is 0 Å². The van der Waals surface area contributed by atoms with Crippen LogP contribution in [-0.4, -0.2) is 30.8 Å². The van der Waals surface area contributed by atoms with Gasteiger partial charge in [-0.05, 0) is 39.2 Å². The van der Waals surface area contributed by atoms with Crippen LogP contribution in [0.1, 0.15) is 40.5 Å². The number of hydrogen-bond donors (Lipinski definition) is 2. The lowest BCUT2D eigenvalue weighted by molar-refractivity contribution is -0.0861. The lowest BCUT2D eigenvalue weighted by Crippen LogP contribution is -2.59. The van der Waals surface area contributed by atoms with Crippen molar-refractivity contribution in [3.05, 3.63) is 0 Å². The highest BCUT2D eigenvalue weighted by Gasteiger charge is 2.39. The highest BCUT2D eigenvalue weighted by molar-refractivity contribution is 4.97. The maximum atomic E-state index is 5.93. The van der Waals surface area contributed by atoms with E-state index in [1.807, 2.05) is 0 Å². The van der Waals surface area contributed by atoms with Gasteiger partial charge in [0.2, 0.25) is 0 Å². The molecule has 90 valence electrons. The molecule has 3 nitrogen and oxygen atoms in total. The highest BCUT2D eigenvalue weighted by Crippen LogP contribution is 2.31. The van der Waals surface area contributed by atoms with E-state index in [9.17, 15) is 0 Å². The first-order chi connectivity index (χ1) is 6.89. The molecule has 3 N–H and O–H groups in total. The van der Waals surface area contributed by atoms with E-state index in [0.29, 0.717) is 12.5 Å². The molecule has 0 spiro atoms. The van der Waals surface area contributed by atoms with Gasteiger partial charge in [0.15, 0.2) is 0 Å². The Kier molecular flexibility index (Phi) is 4.15. The Morgan fingerprint density at radius 3 is 2.53 bits per heavy atom. The van der Waals surface area contributed by atoms with Crippen LogP contribution in [0.3, 0.4) is 0 Å². The van der Waals surface area contributed by atoms with Crippen molar-refractivity contribution in [2.75, 3.05) is 19.7 Å². The second kappa shape index (κ2) is 4.81. The monoisotopic (exact) mass is 214 g/mol. The van der Waals surface area contributed by atoms with Crippen LogP contribution in [-0.2, 0) is 4.74 Å². The van der Waals surface area contributed by atoms with Crippen molar-refractivity contribution in [3.63, 3.8) is 0 Å². The number of rotatable bonds is 4. The van der Waals surface area contributed by atoms with Gasteiger partial charge in [-0.15, -0.1) is 0 Å². The van der Waals surface area contributed by atoms with Crippen LogP contribution in [0.15, 0.2) is 0 Å². The van der Waals surface area contributed by atoms with E-state index < -0.39 is 0 Å². The van der Waals surface area contributed by atoms with E-state index in [4.69, 9.17) is 10.5 Å². The van der Waals surface area contributed by atoms with Crippen molar-refractivity contribution in [2.45, 2.75) is 51.7 Å². The normalized spacial score (nSPS) is 30.8. The Morgan fingerprint density at radius 2 is 2.07 bits per heavy atom. The smallest absolute Gasteiger partial charge is 0.0644 e. The Morgan fingerprint density at radius 1 is 1.40 bits per heavy atom. The van der Waals surface area contributed by atoms with E-state index >= 15 is 0 Å². The van der Waals surface area contributed by atoms with Gasteiger partial charge >= 0.3 is 0 Å². The molecule has 1 heterocycles. The summed E-state index contributed by atoms with van der Waals surface area (Å²) < 4.78 is 5.73. The average Bonchev–Trinajstić information content (AvgIpc) is 2.13. The number of hydrogen-bond acceptors (Lipinski definition) is 3. The summed E-state index contributed by atoms with van der Waals surface area (Å²) in [7, 11) is 0. The molecule has 0 amide bonds. The molecule has 1 saturated heterocycles. The molecule has 1 aliphatic rings. The van der Waals surface area contributed by atoms with Gasteiger partial charge in [-0.1, -0.05) is 13.8 Å². The van der Waals surface area contributed by atoms with E-state index in [2.05, 4.69) is 33.0 Å². The zero-order valence-corrected chi connectivity index (χ0v) is 10.6. The van der Waals surface area contributed by atoms with Crippen LogP contribution in [0.25, 0.3) is 0 Å². The summed E-state index contributed by atoms with van der Waals surface area (Å²) >= 11 is 0. The summed E-state index contributed by atoms with van der Waals surface area (Å²) in [5.74, 6) is 0.666. The summed E-state index contributed by atoms with van der Waals surface area (Å²) in [6, 6.07) is 0. The maximum absolute atomic E-state index is 5.93. The van der Waals surface area contributed by atoms with Gasteiger partial charge in [-0.2, -0.15) is 0 Å². The second-order valence-electron chi connectivity index (χ2n) is 5.79. The molecule has 0 bridgehead atoms. The van der Waals surface area contributed by atoms with Gasteiger partial charge in [-0.25, -0.2) is 0 Å². The average molecular weight is 214 g/mol. The summed E-state index contributed by atoms with van der Waals surface area (Å²) in [5.41, 5.74) is 5.98. The van der Waals surface area contributed by atoms with E-state index in [1.54, 1.807) is 0 Å². The summed E-state index contributed by atoms with van der Waals surface area (Å²) in [6.45, 7) is 11.3. The predicted octanol–water partition coefficient (Wildman–Crippen LogP) is 1.52. The van der Waals surface area contributed by atoms with Crippen LogP contribution in [0, 0.1) is 5.92 Å². The molecular formula is C12H26N2O. The van der Waals surface area contributed by atoms with Crippen molar-refractivity contribution in [1.82, 2.24) is 5.32 Å². The maximum Gasteiger partial charge on any atom is 0.0644 e. The molecule has 0 aromatic heterocycles. The third-order valence-corrected chi connectivity index (χ3v) is 3.11. The van der Waals surface area contributed by atoms with Gasteiger partial charge in [0, 0.05) is 18.7 Å². The molecule has 1 rings (SSSR count). The SMILES string of the molecule is CC(C)CNC1(CN)CCOC(C)(C)C1. The topological polar surface area (TPSA) is 47.3 Å². The highest BCUT2D eigenvalue weighted by atomic mass is 16.5. The molecule has 0 radical (unpaired) electrons. The van der Waals surface area contributed by atoms with Crippen LogP contribution < -0.4 is 11.1 Å². The minimum Gasteiger partial charge on any atom is -0.375 e. The summed E-state index contributed by atoms with van der Waals surface area (Å²) in [4.78, 5) is 0. The van der Waals surface area contributed by atoms with Crippen molar-refractivity contribution in [2.24, 2.45) is 11.7 Å². The Balaban J connectivity index is 2.58. The first-order valence-corrected chi connectivity index (χ1v) is 5.98. The standard InChI is InChI=1S/C12H26N2O/c1-10(2)7-14-12(9-13)5-6-15-11(3,4)8-12/h10,14H,5-9,13H2,1-4H3. The third kappa shape index (κ3) is 3.74. The van der Waals surface area contributed by atoms with E-state index in [0.717, 1.165) is 26.0 Å². The lowest BCUT2D eigenvalue weighted by atomic mass is 9.81. The molecule has 15 heavy (non-hydrogen) atoms. The fourth-order valence-corrected chi connectivity index (χ4v) is 2.29. The Labute approximate surface area is 93.8 Å². The number of ether oxygens (including phenoxy) is 1. The van der Waals surface area contributed by atoms with Gasteiger partial charge < -0.3 is 15.8 Å². The largest absolute Gasteiger partial charge is 0.375 e. The molecule has 0 aromatic rings. The van der Waals surface area contributed by atoms with Crippen LogP contribution >= 0.6 is 0 Å².